The first kappa shape index (κ1) is 19.5. The number of benzene rings is 2. The molecule has 0 fully saturated rings. The maximum absolute atomic E-state index is 11.7. The molecule has 7 nitrogen and oxygen atoms in total. The van der Waals surface area contributed by atoms with Crippen LogP contribution in [0.3, 0.4) is 0 Å². The van der Waals surface area contributed by atoms with Crippen LogP contribution >= 0.6 is 0 Å². The smallest absolute Gasteiger partial charge is 0.269 e. The molecule has 1 amide bonds. The summed E-state index contributed by atoms with van der Waals surface area (Å²) in [5, 5.41) is 4.14. The average molecular weight is 402 g/mol. The van der Waals surface area contributed by atoms with Crippen molar-refractivity contribution < 1.29 is 14.4 Å². The molecule has 1 aliphatic heterocycles. The van der Waals surface area contributed by atoms with Crippen molar-refractivity contribution in [1.82, 2.24) is 20.9 Å². The summed E-state index contributed by atoms with van der Waals surface area (Å²) in [6, 6.07) is 19.1. The summed E-state index contributed by atoms with van der Waals surface area (Å²) in [6.45, 7) is 2.07. The minimum atomic E-state index is -0.264. The van der Waals surface area contributed by atoms with Gasteiger partial charge in [0.1, 0.15) is 17.2 Å². The Bertz CT molecular complexity index is 1070. The molecule has 0 radical (unpaired) electrons. The van der Waals surface area contributed by atoms with Crippen LogP contribution in [-0.4, -0.2) is 23.1 Å². The summed E-state index contributed by atoms with van der Waals surface area (Å²) in [6.07, 6.45) is 5.30. The molecule has 4 rings (SSSR count). The van der Waals surface area contributed by atoms with E-state index in [9.17, 15) is 4.79 Å². The molecule has 1 atom stereocenters. The zero-order valence-electron chi connectivity index (χ0n) is 16.7. The Hall–Kier alpha value is -3.84. The molecule has 152 valence electrons. The molecule has 2 heterocycles. The minimum Gasteiger partial charge on any atom is -0.457 e. The van der Waals surface area contributed by atoms with E-state index in [2.05, 4.69) is 34.8 Å². The number of hydrogen-bond acceptors (Lipinski definition) is 6. The number of fused-ring (bicyclic) bond motifs is 1. The number of carbonyl (C=O) groups excluding carboxylic acids is 1. The van der Waals surface area contributed by atoms with Gasteiger partial charge in [-0.25, -0.2) is 0 Å². The van der Waals surface area contributed by atoms with E-state index in [1.165, 1.54) is 0 Å². The van der Waals surface area contributed by atoms with Crippen LogP contribution in [0, 0.1) is 0 Å². The second kappa shape index (κ2) is 8.67. The quantitative estimate of drug-likeness (QED) is 0.647. The first-order valence-corrected chi connectivity index (χ1v) is 9.59. The maximum Gasteiger partial charge on any atom is 0.269 e. The van der Waals surface area contributed by atoms with E-state index >= 15 is 0 Å². The van der Waals surface area contributed by atoms with Crippen molar-refractivity contribution in [3.8, 4) is 17.2 Å². The number of amides is 1. The van der Waals surface area contributed by atoms with Crippen molar-refractivity contribution in [2.24, 2.45) is 0 Å². The number of rotatable bonds is 6. The van der Waals surface area contributed by atoms with Crippen LogP contribution in [0.4, 0.5) is 0 Å². The fraction of sp³-hybridized carbons (Fsp3) is 0.130. The first-order chi connectivity index (χ1) is 14.6. The van der Waals surface area contributed by atoms with Gasteiger partial charge in [-0.15, -0.1) is 5.17 Å². The molecule has 1 aliphatic rings. The highest BCUT2D eigenvalue weighted by atomic mass is 16.7. The Morgan fingerprint density at radius 3 is 2.70 bits per heavy atom. The summed E-state index contributed by atoms with van der Waals surface area (Å²) < 4.78 is 5.89. The van der Waals surface area contributed by atoms with Crippen LogP contribution < -0.4 is 20.3 Å². The molecule has 0 saturated heterocycles. The van der Waals surface area contributed by atoms with Crippen molar-refractivity contribution in [2.75, 3.05) is 7.05 Å². The standard InChI is InChI=1S/C23H22N4O3/c1-16(17-6-4-3-5-7-17)26-27-13-11-18-14-19(8-9-22(18)30-27)29-20-10-12-25-21(15-20)23(28)24-2/h3-16,26H,1-2H3,(H,24,28). The normalized spacial score (nSPS) is 13.2. The van der Waals surface area contributed by atoms with Crippen molar-refractivity contribution in [1.29, 1.82) is 0 Å². The molecule has 2 aromatic carbocycles. The first-order valence-electron chi connectivity index (χ1n) is 9.59. The second-order valence-electron chi connectivity index (χ2n) is 6.75. The Morgan fingerprint density at radius 2 is 1.90 bits per heavy atom. The highest BCUT2D eigenvalue weighted by Crippen LogP contribution is 2.31. The van der Waals surface area contributed by atoms with Crippen LogP contribution in [0.25, 0.3) is 6.08 Å². The number of hydrazine groups is 1. The molecule has 2 N–H and O–H groups in total. The van der Waals surface area contributed by atoms with Crippen LogP contribution in [0.5, 0.6) is 17.2 Å². The van der Waals surface area contributed by atoms with Gasteiger partial charge >= 0.3 is 0 Å². The zero-order valence-corrected chi connectivity index (χ0v) is 16.7. The van der Waals surface area contributed by atoms with E-state index < -0.39 is 0 Å². The Labute approximate surface area is 174 Å². The van der Waals surface area contributed by atoms with Gasteiger partial charge in [0.2, 0.25) is 0 Å². The number of nitrogens with zero attached hydrogens (tertiary/aromatic N) is 2. The SMILES string of the molecule is CNC(=O)c1cc(Oc2ccc3c(c2)C=CN(NC(C)c2ccccc2)O3)ccn1. The van der Waals surface area contributed by atoms with Crippen LogP contribution in [0.1, 0.15) is 34.6 Å². The van der Waals surface area contributed by atoms with Crippen LogP contribution in [0.15, 0.2) is 73.1 Å². The largest absolute Gasteiger partial charge is 0.457 e. The third kappa shape index (κ3) is 4.42. The predicted molar refractivity (Wildman–Crippen MR) is 114 cm³/mol. The predicted octanol–water partition coefficient (Wildman–Crippen LogP) is 4.08. The summed E-state index contributed by atoms with van der Waals surface area (Å²) in [7, 11) is 1.56. The summed E-state index contributed by atoms with van der Waals surface area (Å²) in [5.74, 6) is 1.61. The summed E-state index contributed by atoms with van der Waals surface area (Å²) in [4.78, 5) is 21.7. The number of nitrogens with one attached hydrogen (secondary N) is 2. The average Bonchev–Trinajstić information content (AvgIpc) is 2.79. The lowest BCUT2D eigenvalue weighted by Crippen LogP contribution is -2.39. The number of hydroxylamine groups is 1. The molecular weight excluding hydrogens is 380 g/mol. The Morgan fingerprint density at radius 1 is 1.10 bits per heavy atom. The maximum atomic E-state index is 11.7. The number of pyridine rings is 1. The van der Waals surface area contributed by atoms with Gasteiger partial charge in [-0.1, -0.05) is 30.3 Å². The van der Waals surface area contributed by atoms with Crippen LogP contribution in [-0.2, 0) is 0 Å². The topological polar surface area (TPSA) is 75.7 Å². The van der Waals surface area contributed by atoms with E-state index in [0.29, 0.717) is 22.9 Å². The Balaban J connectivity index is 1.44. The fourth-order valence-corrected chi connectivity index (χ4v) is 3.03. The van der Waals surface area contributed by atoms with E-state index in [-0.39, 0.29) is 11.9 Å². The summed E-state index contributed by atoms with van der Waals surface area (Å²) >= 11 is 0. The molecular formula is C23H22N4O3. The van der Waals surface area contributed by atoms with Gasteiger partial charge < -0.3 is 14.9 Å². The molecule has 0 aliphatic carbocycles. The molecule has 3 aromatic rings. The molecule has 1 aromatic heterocycles. The number of carbonyl (C=O) groups is 1. The van der Waals surface area contributed by atoms with Gasteiger partial charge in [0.15, 0.2) is 5.75 Å². The monoisotopic (exact) mass is 402 g/mol. The van der Waals surface area contributed by atoms with Crippen LogP contribution in [0.2, 0.25) is 0 Å². The van der Waals surface area contributed by atoms with E-state index in [1.807, 2.05) is 48.7 Å². The van der Waals surface area contributed by atoms with Crippen molar-refractivity contribution in [3.63, 3.8) is 0 Å². The lowest BCUT2D eigenvalue weighted by Gasteiger charge is -2.28. The van der Waals surface area contributed by atoms with Crippen molar-refractivity contribution in [3.05, 3.63) is 89.9 Å². The molecule has 0 bridgehead atoms. The van der Waals surface area contributed by atoms with Gasteiger partial charge in [0, 0.05) is 24.9 Å². The number of hydrogen-bond donors (Lipinski definition) is 2. The molecule has 1 unspecified atom stereocenters. The fourth-order valence-electron chi connectivity index (χ4n) is 3.03. The van der Waals surface area contributed by atoms with Gasteiger partial charge in [-0.3, -0.25) is 9.78 Å². The molecule has 30 heavy (non-hydrogen) atoms. The van der Waals surface area contributed by atoms with Crippen molar-refractivity contribution in [2.45, 2.75) is 13.0 Å². The van der Waals surface area contributed by atoms with E-state index in [0.717, 1.165) is 11.1 Å². The van der Waals surface area contributed by atoms with Gasteiger partial charge in [0.05, 0.1) is 12.2 Å². The highest BCUT2D eigenvalue weighted by Gasteiger charge is 2.16. The lowest BCUT2D eigenvalue weighted by molar-refractivity contribution is -0.0691. The van der Waals surface area contributed by atoms with E-state index in [1.54, 1.807) is 30.5 Å². The third-order valence-electron chi connectivity index (χ3n) is 4.61. The number of ether oxygens (including phenoxy) is 1. The molecule has 0 spiro atoms. The zero-order chi connectivity index (χ0) is 20.9. The van der Waals surface area contributed by atoms with Gasteiger partial charge in [-0.05, 0) is 42.8 Å². The Kier molecular flexibility index (Phi) is 5.63. The van der Waals surface area contributed by atoms with Crippen molar-refractivity contribution >= 4 is 12.0 Å². The van der Waals surface area contributed by atoms with E-state index in [4.69, 9.17) is 9.57 Å². The molecule has 7 heteroatoms. The van der Waals surface area contributed by atoms with Gasteiger partial charge in [-0.2, -0.15) is 5.43 Å². The second-order valence-corrected chi connectivity index (χ2v) is 6.75. The third-order valence-corrected chi connectivity index (χ3v) is 4.61. The van der Waals surface area contributed by atoms with Gasteiger partial charge in [0.25, 0.3) is 5.91 Å². The minimum absolute atomic E-state index is 0.0845. The molecule has 0 saturated carbocycles. The lowest BCUT2D eigenvalue weighted by atomic mass is 10.1. The number of aromatic nitrogens is 1. The summed E-state index contributed by atoms with van der Waals surface area (Å²) in [5.41, 5.74) is 5.65. The highest BCUT2D eigenvalue weighted by molar-refractivity contribution is 5.92.